The van der Waals surface area contributed by atoms with Crippen LogP contribution in [0.3, 0.4) is 0 Å². The summed E-state index contributed by atoms with van der Waals surface area (Å²) < 4.78 is 10.2. The molecule has 1 amide bonds. The first-order valence-electron chi connectivity index (χ1n) is 6.28. The van der Waals surface area contributed by atoms with Crippen LogP contribution in [0.15, 0.2) is 12.1 Å². The number of aliphatic hydroxyl groups excluding tert-OH is 1. The Morgan fingerprint density at radius 1 is 1.35 bits per heavy atom. The maximum atomic E-state index is 12.0. The number of methoxy groups -OCH3 is 2. The van der Waals surface area contributed by atoms with Crippen LogP contribution in [0.1, 0.15) is 24.2 Å². The van der Waals surface area contributed by atoms with Crippen LogP contribution in [0.25, 0.3) is 0 Å². The number of benzene rings is 1. The first kappa shape index (κ1) is 16.6. The summed E-state index contributed by atoms with van der Waals surface area (Å²) in [6.45, 7) is 3.94. The quantitative estimate of drug-likeness (QED) is 0.844. The zero-order valence-corrected chi connectivity index (χ0v) is 12.8. The molecule has 0 heterocycles. The highest BCUT2D eigenvalue weighted by molar-refractivity contribution is 6.32. The number of halogens is 1. The van der Waals surface area contributed by atoms with Crippen molar-refractivity contribution < 1.29 is 19.4 Å². The van der Waals surface area contributed by atoms with Gasteiger partial charge in [-0.2, -0.15) is 0 Å². The number of ether oxygens (including phenoxy) is 2. The van der Waals surface area contributed by atoms with Gasteiger partial charge in [0.05, 0.1) is 25.3 Å². The molecule has 0 bridgehead atoms. The van der Waals surface area contributed by atoms with Crippen molar-refractivity contribution in [1.29, 1.82) is 0 Å². The highest BCUT2D eigenvalue weighted by Crippen LogP contribution is 2.35. The van der Waals surface area contributed by atoms with E-state index in [0.29, 0.717) is 22.1 Å². The lowest BCUT2D eigenvalue weighted by molar-refractivity contribution is 0.0871. The number of carbonyl (C=O) groups is 1. The summed E-state index contributed by atoms with van der Waals surface area (Å²) in [6.07, 6.45) is -0.588. The lowest BCUT2D eigenvalue weighted by Gasteiger charge is -2.16. The SMILES string of the molecule is COc1cc(C(=O)NCC(O)C(C)C)cc(Cl)c1OC. The van der Waals surface area contributed by atoms with Crippen molar-refractivity contribution in [3.05, 3.63) is 22.7 Å². The van der Waals surface area contributed by atoms with Crippen molar-refractivity contribution >= 4 is 17.5 Å². The molecule has 1 aromatic carbocycles. The number of carbonyl (C=O) groups excluding carboxylic acids is 1. The van der Waals surface area contributed by atoms with E-state index >= 15 is 0 Å². The number of rotatable bonds is 6. The first-order chi connectivity index (χ1) is 9.40. The third kappa shape index (κ3) is 4.02. The van der Waals surface area contributed by atoms with Crippen molar-refractivity contribution in [3.63, 3.8) is 0 Å². The summed E-state index contributed by atoms with van der Waals surface area (Å²) in [7, 11) is 2.95. The number of nitrogens with one attached hydrogen (secondary N) is 1. The van der Waals surface area contributed by atoms with Crippen molar-refractivity contribution in [1.82, 2.24) is 5.32 Å². The Morgan fingerprint density at radius 2 is 2.00 bits per heavy atom. The zero-order chi connectivity index (χ0) is 15.3. The Bertz CT molecular complexity index is 476. The van der Waals surface area contributed by atoms with Crippen LogP contribution in [0.5, 0.6) is 11.5 Å². The molecular weight excluding hydrogens is 282 g/mol. The molecule has 0 aliphatic heterocycles. The average Bonchev–Trinajstić information content (AvgIpc) is 2.42. The molecule has 0 saturated carbocycles. The number of aliphatic hydroxyl groups is 1. The molecule has 1 rings (SSSR count). The molecule has 112 valence electrons. The molecule has 0 aliphatic carbocycles. The van der Waals surface area contributed by atoms with Gasteiger partial charge >= 0.3 is 0 Å². The van der Waals surface area contributed by atoms with Gasteiger partial charge in [0.15, 0.2) is 11.5 Å². The molecule has 6 heteroatoms. The molecular formula is C14H20ClNO4. The highest BCUT2D eigenvalue weighted by atomic mass is 35.5. The van der Waals surface area contributed by atoms with E-state index in [0.717, 1.165) is 0 Å². The summed E-state index contributed by atoms with van der Waals surface area (Å²) in [5, 5.41) is 12.6. The second-order valence-corrected chi connectivity index (χ2v) is 5.12. The zero-order valence-electron chi connectivity index (χ0n) is 12.1. The molecule has 1 unspecified atom stereocenters. The molecule has 0 spiro atoms. The van der Waals surface area contributed by atoms with E-state index in [2.05, 4.69) is 5.32 Å². The Hall–Kier alpha value is -1.46. The maximum Gasteiger partial charge on any atom is 0.251 e. The van der Waals surface area contributed by atoms with Gasteiger partial charge in [0.2, 0.25) is 0 Å². The third-order valence-electron chi connectivity index (χ3n) is 2.94. The van der Waals surface area contributed by atoms with Gasteiger partial charge in [0, 0.05) is 12.1 Å². The molecule has 0 aromatic heterocycles. The third-order valence-corrected chi connectivity index (χ3v) is 3.22. The van der Waals surface area contributed by atoms with Crippen LogP contribution in [0, 0.1) is 5.92 Å². The predicted octanol–water partition coefficient (Wildman–Crippen LogP) is 2.10. The van der Waals surface area contributed by atoms with Gasteiger partial charge in [0.25, 0.3) is 5.91 Å². The van der Waals surface area contributed by atoms with E-state index in [-0.39, 0.29) is 18.4 Å². The largest absolute Gasteiger partial charge is 0.493 e. The van der Waals surface area contributed by atoms with E-state index in [4.69, 9.17) is 21.1 Å². The minimum absolute atomic E-state index is 0.0734. The van der Waals surface area contributed by atoms with Crippen molar-refractivity contribution in [2.24, 2.45) is 5.92 Å². The van der Waals surface area contributed by atoms with Crippen LogP contribution in [-0.4, -0.2) is 37.9 Å². The van der Waals surface area contributed by atoms with E-state index in [1.807, 2.05) is 13.8 Å². The summed E-state index contributed by atoms with van der Waals surface area (Å²) in [5.74, 6) is 0.513. The smallest absolute Gasteiger partial charge is 0.251 e. The fraction of sp³-hybridized carbons (Fsp3) is 0.500. The normalized spacial score (nSPS) is 12.2. The fourth-order valence-electron chi connectivity index (χ4n) is 1.58. The van der Waals surface area contributed by atoms with Crippen LogP contribution >= 0.6 is 11.6 Å². The number of amides is 1. The van der Waals surface area contributed by atoms with Gasteiger partial charge in [-0.25, -0.2) is 0 Å². The standard InChI is InChI=1S/C14H20ClNO4/c1-8(2)11(17)7-16-14(18)9-5-10(15)13(20-4)12(6-9)19-3/h5-6,8,11,17H,7H2,1-4H3,(H,16,18). The van der Waals surface area contributed by atoms with Gasteiger partial charge in [-0.05, 0) is 18.1 Å². The second-order valence-electron chi connectivity index (χ2n) is 4.71. The van der Waals surface area contributed by atoms with Gasteiger partial charge in [-0.3, -0.25) is 4.79 Å². The number of hydrogen-bond acceptors (Lipinski definition) is 4. The minimum Gasteiger partial charge on any atom is -0.493 e. The monoisotopic (exact) mass is 301 g/mol. The summed E-state index contributed by atoms with van der Waals surface area (Å²) in [6, 6.07) is 3.04. The van der Waals surface area contributed by atoms with E-state index in [1.54, 1.807) is 6.07 Å². The molecule has 0 aliphatic rings. The van der Waals surface area contributed by atoms with Crippen molar-refractivity contribution in [2.75, 3.05) is 20.8 Å². The number of hydrogen-bond donors (Lipinski definition) is 2. The van der Waals surface area contributed by atoms with Crippen molar-refractivity contribution in [3.8, 4) is 11.5 Å². The molecule has 2 N–H and O–H groups in total. The summed E-state index contributed by atoms with van der Waals surface area (Å²) >= 11 is 6.04. The van der Waals surface area contributed by atoms with E-state index in [1.165, 1.54) is 20.3 Å². The molecule has 0 saturated heterocycles. The van der Waals surface area contributed by atoms with Crippen LogP contribution in [-0.2, 0) is 0 Å². The van der Waals surface area contributed by atoms with Crippen molar-refractivity contribution in [2.45, 2.75) is 20.0 Å². The minimum atomic E-state index is -0.588. The van der Waals surface area contributed by atoms with Gasteiger partial charge < -0.3 is 19.9 Å². The predicted molar refractivity (Wildman–Crippen MR) is 77.7 cm³/mol. The Morgan fingerprint density at radius 3 is 2.50 bits per heavy atom. The molecule has 20 heavy (non-hydrogen) atoms. The molecule has 0 fully saturated rings. The molecule has 0 radical (unpaired) electrons. The van der Waals surface area contributed by atoms with Gasteiger partial charge in [-0.1, -0.05) is 25.4 Å². The molecule has 5 nitrogen and oxygen atoms in total. The molecule has 1 aromatic rings. The van der Waals surface area contributed by atoms with E-state index < -0.39 is 6.10 Å². The second kappa shape index (κ2) is 7.36. The fourth-order valence-corrected chi connectivity index (χ4v) is 1.87. The Kier molecular flexibility index (Phi) is 6.10. The summed E-state index contributed by atoms with van der Waals surface area (Å²) in [5.41, 5.74) is 0.351. The van der Waals surface area contributed by atoms with Crippen LogP contribution in [0.2, 0.25) is 5.02 Å². The maximum absolute atomic E-state index is 12.0. The highest BCUT2D eigenvalue weighted by Gasteiger charge is 2.16. The lowest BCUT2D eigenvalue weighted by Crippen LogP contribution is -2.34. The van der Waals surface area contributed by atoms with Crippen LogP contribution < -0.4 is 14.8 Å². The van der Waals surface area contributed by atoms with Crippen LogP contribution in [0.4, 0.5) is 0 Å². The first-order valence-corrected chi connectivity index (χ1v) is 6.66. The Balaban J connectivity index is 2.86. The van der Waals surface area contributed by atoms with Gasteiger partial charge in [0.1, 0.15) is 0 Å². The lowest BCUT2D eigenvalue weighted by atomic mass is 10.1. The molecule has 1 atom stereocenters. The Labute approximate surface area is 123 Å². The van der Waals surface area contributed by atoms with Gasteiger partial charge in [-0.15, -0.1) is 0 Å². The van der Waals surface area contributed by atoms with E-state index in [9.17, 15) is 9.90 Å². The topological polar surface area (TPSA) is 67.8 Å². The average molecular weight is 302 g/mol. The summed E-state index contributed by atoms with van der Waals surface area (Å²) in [4.78, 5) is 12.0.